The summed E-state index contributed by atoms with van der Waals surface area (Å²) in [7, 11) is 3.56. The molecule has 1 unspecified atom stereocenters. The second kappa shape index (κ2) is 19.6. The highest BCUT2D eigenvalue weighted by atomic mass is 16.6. The lowest BCUT2D eigenvalue weighted by molar-refractivity contribution is -0.131. The molecular weight excluding hydrogens is 524 g/mol. The number of rotatable bonds is 21. The van der Waals surface area contributed by atoms with Crippen LogP contribution in [0.3, 0.4) is 0 Å². The fourth-order valence-electron chi connectivity index (χ4n) is 4.96. The molecule has 0 aromatic heterocycles. The van der Waals surface area contributed by atoms with E-state index in [9.17, 15) is 4.79 Å². The molecule has 0 bridgehead atoms. The number of methoxy groups -OCH3 is 1. The maximum Gasteiger partial charge on any atom is 0.219 e. The molecule has 0 radical (unpaired) electrons. The van der Waals surface area contributed by atoms with Crippen LogP contribution in [0.2, 0.25) is 0 Å². The van der Waals surface area contributed by atoms with E-state index in [0.717, 1.165) is 24.4 Å². The van der Waals surface area contributed by atoms with Crippen molar-refractivity contribution in [3.63, 3.8) is 0 Å². The quantitative estimate of drug-likeness (QED) is 0.207. The minimum absolute atomic E-state index is 0.0567. The molecule has 9 nitrogen and oxygen atoms in total. The summed E-state index contributed by atoms with van der Waals surface area (Å²) >= 11 is 0. The van der Waals surface area contributed by atoms with Gasteiger partial charge in [0.1, 0.15) is 12.4 Å². The van der Waals surface area contributed by atoms with Crippen molar-refractivity contribution < 1.29 is 33.2 Å². The molecule has 1 saturated heterocycles. The molecule has 2 atom stereocenters. The van der Waals surface area contributed by atoms with Gasteiger partial charge in [-0.25, -0.2) is 0 Å². The Morgan fingerprint density at radius 2 is 1.24 bits per heavy atom. The highest BCUT2D eigenvalue weighted by molar-refractivity contribution is 5.73. The number of ether oxygens (including phenoxy) is 6. The molecule has 0 spiro atoms. The van der Waals surface area contributed by atoms with E-state index in [0.29, 0.717) is 66.1 Å². The van der Waals surface area contributed by atoms with Crippen molar-refractivity contribution in [2.45, 2.75) is 31.8 Å². The summed E-state index contributed by atoms with van der Waals surface area (Å²) in [6.07, 6.45) is 2.35. The summed E-state index contributed by atoms with van der Waals surface area (Å²) in [6, 6.07) is 18.6. The Labute approximate surface area is 245 Å². The second-order valence-electron chi connectivity index (χ2n) is 10.0. The Balaban J connectivity index is 1.41. The van der Waals surface area contributed by atoms with Crippen molar-refractivity contribution in [3.05, 3.63) is 65.7 Å². The number of carbonyl (C=O) groups excluding carboxylic acids is 1. The number of carbonyl (C=O) groups is 1. The van der Waals surface area contributed by atoms with Gasteiger partial charge >= 0.3 is 0 Å². The van der Waals surface area contributed by atoms with Gasteiger partial charge in [-0.05, 0) is 49.2 Å². The topological polar surface area (TPSA) is 78.9 Å². The first kappa shape index (κ1) is 33.0. The highest BCUT2D eigenvalue weighted by Gasteiger charge is 2.35. The predicted molar refractivity (Wildman–Crippen MR) is 158 cm³/mol. The summed E-state index contributed by atoms with van der Waals surface area (Å²) in [5.74, 6) is 0.856. The van der Waals surface area contributed by atoms with Gasteiger partial charge in [-0.1, -0.05) is 42.5 Å². The first-order valence-electron chi connectivity index (χ1n) is 14.7. The molecule has 1 amide bonds. The smallest absolute Gasteiger partial charge is 0.219 e. The van der Waals surface area contributed by atoms with Crippen molar-refractivity contribution in [1.82, 2.24) is 9.80 Å². The van der Waals surface area contributed by atoms with Crippen molar-refractivity contribution in [3.8, 4) is 5.75 Å². The third-order valence-electron chi connectivity index (χ3n) is 7.15. The minimum atomic E-state index is -0.0825. The molecule has 0 saturated carbocycles. The zero-order valence-corrected chi connectivity index (χ0v) is 25.0. The van der Waals surface area contributed by atoms with E-state index in [1.54, 1.807) is 14.0 Å². The molecule has 3 rings (SSSR count). The minimum Gasteiger partial charge on any atom is -0.491 e. The fraction of sp³-hybridized carbons (Fsp3) is 0.594. The third-order valence-corrected chi connectivity index (χ3v) is 7.15. The van der Waals surface area contributed by atoms with Crippen LogP contribution >= 0.6 is 0 Å². The van der Waals surface area contributed by atoms with Gasteiger partial charge in [0.2, 0.25) is 5.91 Å². The predicted octanol–water partition coefficient (Wildman–Crippen LogP) is 4.13. The Bertz CT molecular complexity index is 954. The first-order valence-corrected chi connectivity index (χ1v) is 14.7. The first-order chi connectivity index (χ1) is 20.1. The van der Waals surface area contributed by atoms with Crippen molar-refractivity contribution in [2.24, 2.45) is 0 Å². The SMILES string of the molecule is COCCOCCOCCOCCOCCOc1ccc(C([C@H](c2ccccc2)N(C)C(C)=O)N2CCCC2)cc1. The lowest BCUT2D eigenvalue weighted by atomic mass is 9.91. The molecule has 1 fully saturated rings. The van der Waals surface area contributed by atoms with Crippen LogP contribution in [0.5, 0.6) is 5.75 Å². The molecule has 228 valence electrons. The largest absolute Gasteiger partial charge is 0.491 e. The average molecular weight is 573 g/mol. The second-order valence-corrected chi connectivity index (χ2v) is 10.0. The van der Waals surface area contributed by atoms with Crippen LogP contribution < -0.4 is 4.74 Å². The van der Waals surface area contributed by atoms with Crippen molar-refractivity contribution in [2.75, 3.05) is 93.3 Å². The maximum atomic E-state index is 12.5. The van der Waals surface area contributed by atoms with Gasteiger partial charge in [-0.15, -0.1) is 0 Å². The molecule has 1 aliphatic heterocycles. The zero-order chi connectivity index (χ0) is 29.1. The lowest BCUT2D eigenvalue weighted by Crippen LogP contribution is -2.40. The van der Waals surface area contributed by atoms with Crippen LogP contribution in [-0.2, 0) is 28.5 Å². The van der Waals surface area contributed by atoms with E-state index in [2.05, 4.69) is 29.2 Å². The van der Waals surface area contributed by atoms with Crippen LogP contribution in [0.25, 0.3) is 0 Å². The van der Waals surface area contributed by atoms with Gasteiger partial charge < -0.3 is 33.3 Å². The number of hydrogen-bond donors (Lipinski definition) is 0. The van der Waals surface area contributed by atoms with Crippen LogP contribution in [0, 0.1) is 0 Å². The monoisotopic (exact) mass is 572 g/mol. The Morgan fingerprint density at radius 3 is 1.76 bits per heavy atom. The zero-order valence-electron chi connectivity index (χ0n) is 25.0. The van der Waals surface area contributed by atoms with E-state index in [4.69, 9.17) is 28.4 Å². The Hall–Kier alpha value is -2.53. The standard InChI is InChI=1S/C32H48N2O7/c1-27(35)33(2)31(28-9-5-4-6-10-28)32(34-15-7-8-16-34)29-11-13-30(14-12-29)41-26-25-40-24-23-39-22-21-38-20-19-37-18-17-36-3/h4-6,9-14,31-32H,7-8,15-26H2,1-3H3/t31-,32?/m0/s1. The summed E-state index contributed by atoms with van der Waals surface area (Å²) in [6.45, 7) is 8.97. The number of benzene rings is 2. The lowest BCUT2D eigenvalue weighted by Gasteiger charge is -2.40. The molecule has 1 heterocycles. The number of hydrogen-bond acceptors (Lipinski definition) is 8. The molecule has 2 aromatic rings. The van der Waals surface area contributed by atoms with Gasteiger partial charge in [0.25, 0.3) is 0 Å². The van der Waals surface area contributed by atoms with Crippen LogP contribution in [0.4, 0.5) is 0 Å². The highest BCUT2D eigenvalue weighted by Crippen LogP contribution is 2.40. The van der Waals surface area contributed by atoms with E-state index in [-0.39, 0.29) is 18.0 Å². The third kappa shape index (κ3) is 11.7. The fourth-order valence-corrected chi connectivity index (χ4v) is 4.96. The number of likely N-dealkylation sites (N-methyl/N-ethyl adjacent to an activating group) is 1. The van der Waals surface area contributed by atoms with E-state index in [1.165, 1.54) is 18.4 Å². The van der Waals surface area contributed by atoms with Gasteiger partial charge in [0, 0.05) is 21.1 Å². The summed E-state index contributed by atoms with van der Waals surface area (Å²) in [5, 5.41) is 0. The molecule has 0 N–H and O–H groups in total. The maximum absolute atomic E-state index is 12.5. The van der Waals surface area contributed by atoms with Crippen molar-refractivity contribution in [1.29, 1.82) is 0 Å². The summed E-state index contributed by atoms with van der Waals surface area (Å²) in [4.78, 5) is 16.9. The molecule has 1 aliphatic rings. The summed E-state index contributed by atoms with van der Waals surface area (Å²) in [5.41, 5.74) is 2.32. The molecule has 2 aromatic carbocycles. The van der Waals surface area contributed by atoms with Gasteiger partial charge in [-0.2, -0.15) is 0 Å². The van der Waals surface area contributed by atoms with E-state index in [1.807, 2.05) is 42.3 Å². The van der Waals surface area contributed by atoms with Crippen LogP contribution in [0.15, 0.2) is 54.6 Å². The number of likely N-dealkylation sites (tertiary alicyclic amines) is 1. The molecule has 41 heavy (non-hydrogen) atoms. The number of amides is 1. The molecule has 0 aliphatic carbocycles. The van der Waals surface area contributed by atoms with Gasteiger partial charge in [0.15, 0.2) is 0 Å². The number of nitrogens with zero attached hydrogens (tertiary/aromatic N) is 2. The summed E-state index contributed by atoms with van der Waals surface area (Å²) < 4.78 is 32.8. The average Bonchev–Trinajstić information content (AvgIpc) is 3.53. The van der Waals surface area contributed by atoms with Crippen molar-refractivity contribution >= 4 is 5.91 Å². The molecular formula is C32H48N2O7. The van der Waals surface area contributed by atoms with Crippen LogP contribution in [-0.4, -0.2) is 109 Å². The van der Waals surface area contributed by atoms with Gasteiger partial charge in [-0.3, -0.25) is 9.69 Å². The van der Waals surface area contributed by atoms with Gasteiger partial charge in [0.05, 0.1) is 71.5 Å². The Kier molecular flexibility index (Phi) is 15.7. The normalized spacial score (nSPS) is 15.1. The Morgan fingerprint density at radius 1 is 0.732 bits per heavy atom. The molecule has 9 heteroatoms. The van der Waals surface area contributed by atoms with Crippen LogP contribution in [0.1, 0.15) is 43.0 Å². The van der Waals surface area contributed by atoms with E-state index >= 15 is 0 Å². The van der Waals surface area contributed by atoms with E-state index < -0.39 is 0 Å².